The molecule has 0 aromatic carbocycles. The minimum atomic E-state index is -4.65. The molecule has 226 valence electrons. The van der Waals surface area contributed by atoms with Gasteiger partial charge in [-0.25, -0.2) is 0 Å². The zero-order valence-corrected chi connectivity index (χ0v) is 23.1. The lowest BCUT2D eigenvalue weighted by molar-refractivity contribution is -0.229. The number of amides is 1. The highest BCUT2D eigenvalue weighted by molar-refractivity contribution is 5.82. The van der Waals surface area contributed by atoms with Crippen LogP contribution in [-0.4, -0.2) is 104 Å². The number of carbonyl (C=O) groups excluding carboxylic acids is 1. The molecule has 0 spiro atoms. The first-order valence-electron chi connectivity index (χ1n) is 14.3. The molecular formula is C27H43F6N3O3. The van der Waals surface area contributed by atoms with Gasteiger partial charge in [-0.3, -0.25) is 14.6 Å². The molecule has 4 rings (SSSR count). The molecule has 2 aliphatic heterocycles. The van der Waals surface area contributed by atoms with Crippen molar-refractivity contribution in [1.82, 2.24) is 14.7 Å². The molecule has 6 nitrogen and oxygen atoms in total. The lowest BCUT2D eigenvalue weighted by Crippen LogP contribution is -2.59. The van der Waals surface area contributed by atoms with Crippen molar-refractivity contribution < 1.29 is 40.6 Å². The van der Waals surface area contributed by atoms with Gasteiger partial charge >= 0.3 is 12.4 Å². The van der Waals surface area contributed by atoms with Crippen molar-refractivity contribution in [1.29, 1.82) is 0 Å². The van der Waals surface area contributed by atoms with Crippen molar-refractivity contribution >= 4 is 5.91 Å². The molecule has 12 heteroatoms. The molecule has 2 heterocycles. The summed E-state index contributed by atoms with van der Waals surface area (Å²) in [7, 11) is 1.63. The predicted octanol–water partition coefficient (Wildman–Crippen LogP) is 4.93. The number of halogens is 6. The first kappa shape index (κ1) is 30.8. The summed E-state index contributed by atoms with van der Waals surface area (Å²) in [4.78, 5) is 20.0. The van der Waals surface area contributed by atoms with E-state index in [-0.39, 0.29) is 56.6 Å². The Balaban J connectivity index is 1.42. The molecule has 2 saturated heterocycles. The van der Waals surface area contributed by atoms with Crippen molar-refractivity contribution in [3.05, 3.63) is 0 Å². The van der Waals surface area contributed by atoms with Gasteiger partial charge < -0.3 is 14.4 Å². The Morgan fingerprint density at radius 2 is 1.41 bits per heavy atom. The van der Waals surface area contributed by atoms with Crippen molar-refractivity contribution in [3.63, 3.8) is 0 Å². The number of hydrogen-bond acceptors (Lipinski definition) is 5. The summed E-state index contributed by atoms with van der Waals surface area (Å²) in [5.74, 6) is -4.71. The smallest absolute Gasteiger partial charge is 0.349 e. The van der Waals surface area contributed by atoms with Crippen LogP contribution in [0.15, 0.2) is 0 Å². The Hall–Kier alpha value is -1.11. The van der Waals surface area contributed by atoms with Crippen molar-refractivity contribution in [2.24, 2.45) is 23.7 Å². The molecule has 1 amide bonds. The van der Waals surface area contributed by atoms with Crippen LogP contribution in [0.25, 0.3) is 0 Å². The van der Waals surface area contributed by atoms with E-state index >= 15 is 0 Å². The van der Waals surface area contributed by atoms with Gasteiger partial charge in [-0.15, -0.1) is 0 Å². The molecule has 6 atom stereocenters. The molecule has 4 aliphatic rings. The molecule has 0 radical (unpaired) electrons. The highest BCUT2D eigenvalue weighted by Crippen LogP contribution is 2.48. The van der Waals surface area contributed by atoms with Crippen LogP contribution in [0.1, 0.15) is 58.8 Å². The van der Waals surface area contributed by atoms with Gasteiger partial charge in [-0.2, -0.15) is 26.3 Å². The maximum absolute atomic E-state index is 13.9. The summed E-state index contributed by atoms with van der Waals surface area (Å²) in [6.07, 6.45) is -8.43. The zero-order chi connectivity index (χ0) is 28.5. The number of fused-ring (bicyclic) bond motifs is 1. The van der Waals surface area contributed by atoms with E-state index in [0.29, 0.717) is 12.5 Å². The van der Waals surface area contributed by atoms with E-state index in [4.69, 9.17) is 9.47 Å². The first-order chi connectivity index (χ1) is 18.2. The Kier molecular flexibility index (Phi) is 9.81. The topological polar surface area (TPSA) is 45.2 Å². The second kappa shape index (κ2) is 12.4. The summed E-state index contributed by atoms with van der Waals surface area (Å²) in [6.45, 7) is 7.81. The molecule has 0 N–H and O–H groups in total. The van der Waals surface area contributed by atoms with Crippen LogP contribution >= 0.6 is 0 Å². The summed E-state index contributed by atoms with van der Waals surface area (Å²) in [5, 5.41) is 0. The van der Waals surface area contributed by atoms with Crippen LogP contribution in [-0.2, 0) is 14.3 Å². The third-order valence-electron chi connectivity index (χ3n) is 9.49. The lowest BCUT2D eigenvalue weighted by Gasteiger charge is -2.45. The number of piperazine rings is 1. The Bertz CT molecular complexity index is 796. The highest BCUT2D eigenvalue weighted by Gasteiger charge is 2.52. The second-order valence-corrected chi connectivity index (χ2v) is 12.3. The van der Waals surface area contributed by atoms with E-state index in [2.05, 4.69) is 23.6 Å². The van der Waals surface area contributed by atoms with Crippen LogP contribution in [0.4, 0.5) is 26.3 Å². The van der Waals surface area contributed by atoms with Gasteiger partial charge in [-0.1, -0.05) is 0 Å². The fourth-order valence-electron chi connectivity index (χ4n) is 7.11. The largest absolute Gasteiger partial charge is 0.391 e. The average molecular weight is 572 g/mol. The number of ether oxygens (including phenoxy) is 2. The van der Waals surface area contributed by atoms with Gasteiger partial charge in [0.1, 0.15) is 6.79 Å². The van der Waals surface area contributed by atoms with Gasteiger partial charge in [-0.05, 0) is 70.6 Å². The minimum absolute atomic E-state index is 0.0435. The summed E-state index contributed by atoms with van der Waals surface area (Å²) in [5.41, 5.74) is 0. The third-order valence-corrected chi connectivity index (χ3v) is 9.49. The molecule has 0 aromatic rings. The number of alkyl halides is 6. The van der Waals surface area contributed by atoms with Crippen LogP contribution in [0.5, 0.6) is 0 Å². The molecule has 0 aromatic heterocycles. The van der Waals surface area contributed by atoms with Crippen LogP contribution in [0.3, 0.4) is 0 Å². The van der Waals surface area contributed by atoms with E-state index in [1.807, 2.05) is 0 Å². The number of rotatable bonds is 7. The van der Waals surface area contributed by atoms with Gasteiger partial charge in [0, 0.05) is 45.8 Å². The van der Waals surface area contributed by atoms with Gasteiger partial charge in [0.15, 0.2) is 0 Å². The van der Waals surface area contributed by atoms with Crippen molar-refractivity contribution in [3.8, 4) is 0 Å². The van der Waals surface area contributed by atoms with E-state index in [0.717, 1.165) is 39.0 Å². The SMILES string of the molecule is CC(C)N1CCN(C(C(=O)N(C)CCC2CC(C(F)(F)F)CC(C(F)(F)F)C2)C2CCC3OCOC3C2)CC1. The molecule has 39 heavy (non-hydrogen) atoms. The van der Waals surface area contributed by atoms with Crippen LogP contribution in [0.2, 0.25) is 0 Å². The van der Waals surface area contributed by atoms with Crippen molar-refractivity contribution in [2.75, 3.05) is 46.6 Å². The predicted molar refractivity (Wildman–Crippen MR) is 133 cm³/mol. The Morgan fingerprint density at radius 1 is 0.846 bits per heavy atom. The number of carbonyl (C=O) groups is 1. The summed E-state index contributed by atoms with van der Waals surface area (Å²) < 4.78 is 92.0. The molecule has 2 aliphatic carbocycles. The standard InChI is InChI=1S/C27H43F6N3O3/c1-17(2)35-8-10-36(11-9-35)24(19-4-5-22-23(14-19)39-16-38-22)25(37)34(3)7-6-18-12-20(26(28,29)30)15-21(13-18)27(31,32)33/h17-24H,4-16H2,1-3H3. The van der Waals surface area contributed by atoms with Gasteiger partial charge in [0.25, 0.3) is 0 Å². The molecule has 2 saturated carbocycles. The third kappa shape index (κ3) is 7.60. The normalized spacial score (nSPS) is 34.2. The number of hydrogen-bond donors (Lipinski definition) is 0. The second-order valence-electron chi connectivity index (χ2n) is 12.3. The quantitative estimate of drug-likeness (QED) is 0.406. The molecule has 6 unspecified atom stereocenters. The maximum Gasteiger partial charge on any atom is 0.391 e. The first-order valence-corrected chi connectivity index (χ1v) is 14.3. The molecular weight excluding hydrogens is 528 g/mol. The summed E-state index contributed by atoms with van der Waals surface area (Å²) >= 11 is 0. The lowest BCUT2D eigenvalue weighted by atomic mass is 9.73. The van der Waals surface area contributed by atoms with Gasteiger partial charge in [0.05, 0.1) is 30.1 Å². The van der Waals surface area contributed by atoms with Crippen molar-refractivity contribution in [2.45, 2.75) is 95.4 Å². The Morgan fingerprint density at radius 3 is 1.97 bits per heavy atom. The fraction of sp³-hybridized carbons (Fsp3) is 0.963. The molecule has 4 fully saturated rings. The minimum Gasteiger partial charge on any atom is -0.349 e. The number of likely N-dealkylation sites (N-methyl/N-ethyl adjacent to an activating group) is 1. The van der Waals surface area contributed by atoms with E-state index in [9.17, 15) is 31.1 Å². The average Bonchev–Trinajstić information content (AvgIpc) is 3.34. The van der Waals surface area contributed by atoms with Gasteiger partial charge in [0.2, 0.25) is 5.91 Å². The van der Waals surface area contributed by atoms with Crippen LogP contribution in [0, 0.1) is 23.7 Å². The Labute approximate surface area is 227 Å². The van der Waals surface area contributed by atoms with E-state index < -0.39 is 42.6 Å². The van der Waals surface area contributed by atoms with E-state index in [1.165, 1.54) is 4.90 Å². The summed E-state index contributed by atoms with van der Waals surface area (Å²) in [6, 6.07) is 0.00617. The maximum atomic E-state index is 13.9. The monoisotopic (exact) mass is 571 g/mol. The van der Waals surface area contributed by atoms with Crippen LogP contribution < -0.4 is 0 Å². The van der Waals surface area contributed by atoms with E-state index in [1.54, 1.807) is 7.05 Å². The zero-order valence-electron chi connectivity index (χ0n) is 23.1. The highest BCUT2D eigenvalue weighted by atomic mass is 19.4. The molecule has 0 bridgehead atoms. The number of nitrogens with zero attached hydrogens (tertiary/aromatic N) is 3. The fourth-order valence-corrected chi connectivity index (χ4v) is 7.11.